The molecule has 1 unspecified atom stereocenters. The van der Waals surface area contributed by atoms with Gasteiger partial charge in [0.1, 0.15) is 5.75 Å². The normalized spacial score (nSPS) is 15.7. The Kier molecular flexibility index (Phi) is 6.14. The summed E-state index contributed by atoms with van der Waals surface area (Å²) in [5, 5.41) is 11.3. The second-order valence-corrected chi connectivity index (χ2v) is 8.82. The molecule has 1 heterocycles. The minimum atomic E-state index is -0.0183. The van der Waals surface area contributed by atoms with Gasteiger partial charge in [0.2, 0.25) is 0 Å². The van der Waals surface area contributed by atoms with Crippen LogP contribution in [-0.4, -0.2) is 25.0 Å². The van der Waals surface area contributed by atoms with Crippen LogP contribution in [-0.2, 0) is 0 Å². The average Bonchev–Trinajstić information content (AvgIpc) is 2.95. The van der Waals surface area contributed by atoms with E-state index in [9.17, 15) is 5.11 Å². The van der Waals surface area contributed by atoms with Crippen LogP contribution < -0.4 is 9.47 Å². The number of ether oxygens (including phenoxy) is 2. The highest BCUT2D eigenvalue weighted by molar-refractivity contribution is 7.99. The zero-order valence-electron chi connectivity index (χ0n) is 16.4. The van der Waals surface area contributed by atoms with Gasteiger partial charge in [0, 0.05) is 27.2 Å². The first kappa shape index (κ1) is 20.9. The summed E-state index contributed by atoms with van der Waals surface area (Å²) in [6.45, 7) is 0. The zero-order valence-corrected chi connectivity index (χ0v) is 18.7. The number of phenolic OH excluding ortho intramolecular Hbond substituents is 1. The summed E-state index contributed by atoms with van der Waals surface area (Å²) in [6, 6.07) is 17.1. The fourth-order valence-electron chi connectivity index (χ4n) is 3.41. The number of phenols is 1. The summed E-state index contributed by atoms with van der Waals surface area (Å²) in [6.07, 6.45) is 0.569. The summed E-state index contributed by atoms with van der Waals surface area (Å²) in [7, 11) is 3.24. The summed E-state index contributed by atoms with van der Waals surface area (Å²) in [4.78, 5) is 5.92. The third-order valence-electron chi connectivity index (χ3n) is 4.89. The van der Waals surface area contributed by atoms with Crippen LogP contribution in [0.25, 0.3) is 0 Å². The van der Waals surface area contributed by atoms with Crippen molar-refractivity contribution >= 4 is 46.4 Å². The molecular weight excluding hydrogens is 441 g/mol. The van der Waals surface area contributed by atoms with Crippen molar-refractivity contribution in [1.29, 1.82) is 0 Å². The molecule has 4 rings (SSSR count). The lowest BCUT2D eigenvalue weighted by Gasteiger charge is -2.18. The molecule has 1 N–H and O–H groups in total. The number of nitrogens with zero attached hydrogens (tertiary/aromatic N) is 1. The van der Waals surface area contributed by atoms with Crippen molar-refractivity contribution in [3.8, 4) is 17.2 Å². The van der Waals surface area contributed by atoms with E-state index in [1.807, 2.05) is 42.5 Å². The largest absolute Gasteiger partial charge is 0.506 e. The number of aliphatic imine (C=N–C) groups is 1. The van der Waals surface area contributed by atoms with Crippen LogP contribution in [0.5, 0.6) is 17.2 Å². The molecule has 30 heavy (non-hydrogen) atoms. The van der Waals surface area contributed by atoms with E-state index >= 15 is 0 Å². The molecule has 1 atom stereocenters. The average molecular weight is 460 g/mol. The number of fused-ring (bicyclic) bond motifs is 1. The number of methoxy groups -OCH3 is 2. The quantitative estimate of drug-likeness (QED) is 0.452. The molecule has 0 aliphatic carbocycles. The molecule has 1 aliphatic rings. The monoisotopic (exact) mass is 459 g/mol. The first-order valence-electron chi connectivity index (χ1n) is 9.23. The zero-order chi connectivity index (χ0) is 21.3. The SMILES string of the molecule is COc1ccc(C2CC(c3cc(Cl)cc(Cl)c3O)=Nc3ccccc3S2)cc1OC. The van der Waals surface area contributed by atoms with Crippen molar-refractivity contribution in [3.63, 3.8) is 0 Å². The van der Waals surface area contributed by atoms with Crippen LogP contribution in [0.4, 0.5) is 5.69 Å². The van der Waals surface area contributed by atoms with Gasteiger partial charge in [-0.05, 0) is 42.0 Å². The van der Waals surface area contributed by atoms with Gasteiger partial charge in [0.25, 0.3) is 0 Å². The first-order valence-corrected chi connectivity index (χ1v) is 10.9. The van der Waals surface area contributed by atoms with Crippen molar-refractivity contribution in [2.24, 2.45) is 4.99 Å². The lowest BCUT2D eigenvalue weighted by Crippen LogP contribution is -2.06. The Morgan fingerprint density at radius 1 is 1.00 bits per heavy atom. The highest BCUT2D eigenvalue weighted by Gasteiger charge is 2.25. The van der Waals surface area contributed by atoms with Gasteiger partial charge in [-0.15, -0.1) is 11.8 Å². The Morgan fingerprint density at radius 3 is 2.53 bits per heavy atom. The molecule has 3 aromatic rings. The van der Waals surface area contributed by atoms with Gasteiger partial charge in [-0.2, -0.15) is 0 Å². The van der Waals surface area contributed by atoms with Crippen molar-refractivity contribution in [3.05, 3.63) is 75.8 Å². The van der Waals surface area contributed by atoms with Crippen molar-refractivity contribution in [2.75, 3.05) is 14.2 Å². The van der Waals surface area contributed by atoms with Crippen molar-refractivity contribution < 1.29 is 14.6 Å². The third-order valence-corrected chi connectivity index (χ3v) is 6.72. The fourth-order valence-corrected chi connectivity index (χ4v) is 5.12. The fraction of sp³-hybridized carbons (Fsp3) is 0.174. The van der Waals surface area contributed by atoms with Crippen LogP contribution in [0.15, 0.2) is 64.5 Å². The Bertz CT molecular complexity index is 1130. The minimum absolute atomic E-state index is 0.0183. The topological polar surface area (TPSA) is 51.0 Å². The summed E-state index contributed by atoms with van der Waals surface area (Å²) >= 11 is 14.1. The molecule has 0 bridgehead atoms. The van der Waals surface area contributed by atoms with E-state index in [-0.39, 0.29) is 16.0 Å². The molecular formula is C23H19Cl2NO3S. The van der Waals surface area contributed by atoms with Gasteiger partial charge in [0.15, 0.2) is 11.5 Å². The first-order chi connectivity index (χ1) is 14.5. The molecule has 0 spiro atoms. The lowest BCUT2D eigenvalue weighted by atomic mass is 10.00. The van der Waals surface area contributed by atoms with E-state index in [1.165, 1.54) is 6.07 Å². The highest BCUT2D eigenvalue weighted by atomic mass is 35.5. The second-order valence-electron chi connectivity index (χ2n) is 6.74. The number of aromatic hydroxyl groups is 1. The highest BCUT2D eigenvalue weighted by Crippen LogP contribution is 2.48. The van der Waals surface area contributed by atoms with E-state index in [2.05, 4.69) is 0 Å². The third kappa shape index (κ3) is 4.10. The summed E-state index contributed by atoms with van der Waals surface area (Å²) < 4.78 is 10.9. The van der Waals surface area contributed by atoms with Gasteiger partial charge in [-0.25, -0.2) is 0 Å². The standard InChI is InChI=1S/C23H19Cl2NO3S/c1-28-19-8-7-13(9-20(19)29-2)22-12-18(15-10-14(24)11-16(25)23(15)27)26-17-5-3-4-6-21(17)30-22/h3-11,22,27H,12H2,1-2H3. The lowest BCUT2D eigenvalue weighted by molar-refractivity contribution is 0.354. The molecule has 0 fully saturated rings. The number of benzene rings is 3. The predicted molar refractivity (Wildman–Crippen MR) is 124 cm³/mol. The molecule has 3 aromatic carbocycles. The van der Waals surface area contributed by atoms with Crippen LogP contribution in [0.1, 0.15) is 22.8 Å². The second kappa shape index (κ2) is 8.80. The molecule has 0 saturated carbocycles. The van der Waals surface area contributed by atoms with Crippen molar-refractivity contribution in [1.82, 2.24) is 0 Å². The Hall–Kier alpha value is -2.34. The van der Waals surface area contributed by atoms with Crippen LogP contribution in [0.3, 0.4) is 0 Å². The van der Waals surface area contributed by atoms with Crippen molar-refractivity contribution in [2.45, 2.75) is 16.6 Å². The maximum Gasteiger partial charge on any atom is 0.161 e. The van der Waals surface area contributed by atoms with E-state index in [0.29, 0.717) is 34.2 Å². The number of thioether (sulfide) groups is 1. The van der Waals surface area contributed by atoms with E-state index in [4.69, 9.17) is 37.7 Å². The van der Waals surface area contributed by atoms with Gasteiger partial charge in [-0.3, -0.25) is 4.99 Å². The molecule has 0 saturated heterocycles. The Labute approximate surface area is 189 Å². The van der Waals surface area contributed by atoms with E-state index < -0.39 is 0 Å². The van der Waals surface area contributed by atoms with Gasteiger partial charge < -0.3 is 14.6 Å². The Morgan fingerprint density at radius 2 is 1.77 bits per heavy atom. The number of para-hydroxylation sites is 1. The van der Waals surface area contributed by atoms with Gasteiger partial charge >= 0.3 is 0 Å². The summed E-state index contributed by atoms with van der Waals surface area (Å²) in [5.74, 6) is 1.32. The number of rotatable bonds is 4. The maximum atomic E-state index is 10.6. The molecule has 0 aromatic heterocycles. The number of halogens is 2. The van der Waals surface area contributed by atoms with Gasteiger partial charge in [-0.1, -0.05) is 41.4 Å². The van der Waals surface area contributed by atoms with Crippen LogP contribution >= 0.6 is 35.0 Å². The van der Waals surface area contributed by atoms with Gasteiger partial charge in [0.05, 0.1) is 30.6 Å². The summed E-state index contributed by atoms with van der Waals surface area (Å²) in [5.41, 5.74) is 3.16. The smallest absolute Gasteiger partial charge is 0.161 e. The molecule has 1 aliphatic heterocycles. The number of hydrogen-bond acceptors (Lipinski definition) is 5. The van der Waals surface area contributed by atoms with Crippen LogP contribution in [0, 0.1) is 0 Å². The molecule has 7 heteroatoms. The molecule has 0 amide bonds. The number of hydrogen-bond donors (Lipinski definition) is 1. The predicted octanol–water partition coefficient (Wildman–Crippen LogP) is 7.07. The van der Waals surface area contributed by atoms with Crippen LogP contribution in [0.2, 0.25) is 10.0 Å². The molecule has 154 valence electrons. The van der Waals surface area contributed by atoms with E-state index in [1.54, 1.807) is 32.0 Å². The molecule has 0 radical (unpaired) electrons. The maximum absolute atomic E-state index is 10.6. The Balaban J connectivity index is 1.84. The minimum Gasteiger partial charge on any atom is -0.506 e. The van der Waals surface area contributed by atoms with E-state index in [0.717, 1.165) is 16.1 Å². The molecule has 4 nitrogen and oxygen atoms in total.